The van der Waals surface area contributed by atoms with Crippen molar-refractivity contribution in [2.75, 3.05) is 6.61 Å². The number of benzene rings is 2. The van der Waals surface area contributed by atoms with Gasteiger partial charge in [0.1, 0.15) is 5.75 Å². The van der Waals surface area contributed by atoms with Gasteiger partial charge in [0.05, 0.1) is 0 Å². The van der Waals surface area contributed by atoms with Gasteiger partial charge in [0, 0.05) is 12.6 Å². The molecular formula is C16H18FNO2. The Bertz CT molecular complexity index is 584. The first-order valence-electron chi connectivity index (χ1n) is 6.53. The summed E-state index contributed by atoms with van der Waals surface area (Å²) in [7, 11) is 0. The number of aliphatic hydroxyl groups excluding tert-OH is 1. The summed E-state index contributed by atoms with van der Waals surface area (Å²) < 4.78 is 19.6. The highest BCUT2D eigenvalue weighted by atomic mass is 19.1. The number of aliphatic hydroxyl groups is 1. The van der Waals surface area contributed by atoms with E-state index < -0.39 is 5.82 Å². The number of hydrogen-bond donors (Lipinski definition) is 2. The molecule has 0 fully saturated rings. The van der Waals surface area contributed by atoms with E-state index in [2.05, 4.69) is 0 Å². The molecule has 2 aromatic rings. The molecule has 0 aliphatic heterocycles. The van der Waals surface area contributed by atoms with Crippen LogP contribution in [0.2, 0.25) is 0 Å². The van der Waals surface area contributed by atoms with E-state index in [1.165, 1.54) is 6.07 Å². The summed E-state index contributed by atoms with van der Waals surface area (Å²) >= 11 is 0. The normalized spacial score (nSPS) is 12.2. The van der Waals surface area contributed by atoms with Crippen molar-refractivity contribution < 1.29 is 14.2 Å². The second-order valence-corrected chi connectivity index (χ2v) is 4.66. The molecule has 4 heteroatoms. The van der Waals surface area contributed by atoms with E-state index in [0.717, 1.165) is 11.1 Å². The number of hydrogen-bond acceptors (Lipinski definition) is 3. The highest BCUT2D eigenvalue weighted by Gasteiger charge is 2.10. The molecule has 0 saturated carbocycles. The number of para-hydroxylation sites is 1. The van der Waals surface area contributed by atoms with Gasteiger partial charge >= 0.3 is 0 Å². The van der Waals surface area contributed by atoms with Crippen molar-refractivity contribution in [1.82, 2.24) is 0 Å². The molecule has 3 nitrogen and oxygen atoms in total. The maximum atomic E-state index is 14.0. The molecule has 0 aliphatic rings. The molecule has 0 spiro atoms. The van der Waals surface area contributed by atoms with Crippen molar-refractivity contribution >= 4 is 0 Å². The van der Waals surface area contributed by atoms with Crippen LogP contribution in [0.5, 0.6) is 11.5 Å². The van der Waals surface area contributed by atoms with Gasteiger partial charge in [0.25, 0.3) is 0 Å². The first-order chi connectivity index (χ1) is 9.61. The quantitative estimate of drug-likeness (QED) is 0.881. The highest BCUT2D eigenvalue weighted by Crippen LogP contribution is 2.29. The molecule has 2 rings (SSSR count). The van der Waals surface area contributed by atoms with Crippen LogP contribution in [0.3, 0.4) is 0 Å². The zero-order chi connectivity index (χ0) is 14.5. The van der Waals surface area contributed by atoms with Crippen LogP contribution in [0.1, 0.15) is 24.1 Å². The van der Waals surface area contributed by atoms with Gasteiger partial charge < -0.3 is 15.6 Å². The van der Waals surface area contributed by atoms with Gasteiger partial charge in [0.15, 0.2) is 11.6 Å². The van der Waals surface area contributed by atoms with Crippen LogP contribution in [0, 0.1) is 5.82 Å². The van der Waals surface area contributed by atoms with Crippen molar-refractivity contribution in [1.29, 1.82) is 0 Å². The minimum absolute atomic E-state index is 0.0203. The van der Waals surface area contributed by atoms with E-state index in [1.54, 1.807) is 25.1 Å². The lowest BCUT2D eigenvalue weighted by Crippen LogP contribution is -2.05. The summed E-state index contributed by atoms with van der Waals surface area (Å²) in [5, 5.41) is 9.02. The van der Waals surface area contributed by atoms with E-state index in [1.807, 2.05) is 18.2 Å². The fourth-order valence-corrected chi connectivity index (χ4v) is 1.93. The summed E-state index contributed by atoms with van der Waals surface area (Å²) in [6.45, 7) is 1.82. The predicted octanol–water partition coefficient (Wildman–Crippen LogP) is 3.17. The number of rotatable bonds is 5. The van der Waals surface area contributed by atoms with Crippen molar-refractivity contribution in [3.63, 3.8) is 0 Å². The molecule has 20 heavy (non-hydrogen) atoms. The van der Waals surface area contributed by atoms with Crippen molar-refractivity contribution in [2.45, 2.75) is 19.4 Å². The molecular weight excluding hydrogens is 257 g/mol. The van der Waals surface area contributed by atoms with Crippen LogP contribution in [0.25, 0.3) is 0 Å². The molecule has 0 heterocycles. The van der Waals surface area contributed by atoms with E-state index in [4.69, 9.17) is 15.6 Å². The monoisotopic (exact) mass is 275 g/mol. The van der Waals surface area contributed by atoms with Crippen LogP contribution in [-0.2, 0) is 6.42 Å². The Balaban J connectivity index is 2.26. The smallest absolute Gasteiger partial charge is 0.166 e. The summed E-state index contributed by atoms with van der Waals surface area (Å²) in [6.07, 6.45) is 0.468. The number of ether oxygens (including phenoxy) is 1. The first-order valence-corrected chi connectivity index (χ1v) is 6.53. The Morgan fingerprint density at radius 3 is 2.60 bits per heavy atom. The summed E-state index contributed by atoms with van der Waals surface area (Å²) in [5.41, 5.74) is 7.27. The third-order valence-corrected chi connectivity index (χ3v) is 3.06. The lowest BCUT2D eigenvalue weighted by Gasteiger charge is -2.12. The molecule has 0 aromatic heterocycles. The molecule has 3 N–H and O–H groups in total. The maximum Gasteiger partial charge on any atom is 0.166 e. The Morgan fingerprint density at radius 1 is 1.20 bits per heavy atom. The van der Waals surface area contributed by atoms with Crippen LogP contribution >= 0.6 is 0 Å². The Labute approximate surface area is 117 Å². The highest BCUT2D eigenvalue weighted by molar-refractivity contribution is 5.39. The van der Waals surface area contributed by atoms with Crippen LogP contribution < -0.4 is 10.5 Å². The molecule has 0 unspecified atom stereocenters. The van der Waals surface area contributed by atoms with Gasteiger partial charge in [-0.2, -0.15) is 0 Å². The Kier molecular flexibility index (Phi) is 4.71. The molecule has 1 atom stereocenters. The lowest BCUT2D eigenvalue weighted by atomic mass is 10.1. The molecule has 0 bridgehead atoms. The molecule has 106 valence electrons. The van der Waals surface area contributed by atoms with Gasteiger partial charge in [-0.1, -0.05) is 24.3 Å². The van der Waals surface area contributed by atoms with Gasteiger partial charge in [-0.15, -0.1) is 0 Å². The fourth-order valence-electron chi connectivity index (χ4n) is 1.93. The van der Waals surface area contributed by atoms with Crippen molar-refractivity contribution in [3.05, 3.63) is 59.4 Å². The standard InChI is InChI=1S/C16H18FNO2/c1-11(18)13-6-7-16(14(17)10-13)20-15-5-3-2-4-12(15)8-9-19/h2-7,10-11,19H,8-9,18H2,1H3/t11-/m1/s1. The van der Waals surface area contributed by atoms with Crippen molar-refractivity contribution in [3.8, 4) is 11.5 Å². The Hall–Kier alpha value is -1.91. The molecule has 0 radical (unpaired) electrons. The van der Waals surface area contributed by atoms with Crippen LogP contribution in [0.15, 0.2) is 42.5 Å². The van der Waals surface area contributed by atoms with Crippen molar-refractivity contribution in [2.24, 2.45) is 5.73 Å². The zero-order valence-electron chi connectivity index (χ0n) is 11.3. The third kappa shape index (κ3) is 3.35. The average Bonchev–Trinajstić information content (AvgIpc) is 2.43. The van der Waals surface area contributed by atoms with E-state index in [0.29, 0.717) is 12.2 Å². The molecule has 0 saturated heterocycles. The second-order valence-electron chi connectivity index (χ2n) is 4.66. The minimum Gasteiger partial charge on any atom is -0.454 e. The van der Waals surface area contributed by atoms with Gasteiger partial charge in [0.2, 0.25) is 0 Å². The average molecular weight is 275 g/mol. The van der Waals surface area contributed by atoms with Crippen LogP contribution in [-0.4, -0.2) is 11.7 Å². The summed E-state index contributed by atoms with van der Waals surface area (Å²) in [6, 6.07) is 11.7. The molecule has 0 aliphatic carbocycles. The first kappa shape index (κ1) is 14.5. The summed E-state index contributed by atoms with van der Waals surface area (Å²) in [5.74, 6) is 0.257. The van der Waals surface area contributed by atoms with E-state index >= 15 is 0 Å². The molecule has 0 amide bonds. The van der Waals surface area contributed by atoms with E-state index in [-0.39, 0.29) is 18.4 Å². The second kappa shape index (κ2) is 6.50. The zero-order valence-corrected chi connectivity index (χ0v) is 11.3. The maximum absolute atomic E-state index is 14.0. The van der Waals surface area contributed by atoms with Gasteiger partial charge in [-0.25, -0.2) is 4.39 Å². The fraction of sp³-hybridized carbons (Fsp3) is 0.250. The third-order valence-electron chi connectivity index (χ3n) is 3.06. The topological polar surface area (TPSA) is 55.5 Å². The lowest BCUT2D eigenvalue weighted by molar-refractivity contribution is 0.297. The SMILES string of the molecule is C[C@@H](N)c1ccc(Oc2ccccc2CCO)c(F)c1. The van der Waals surface area contributed by atoms with Gasteiger partial charge in [-0.05, 0) is 42.7 Å². The number of nitrogens with two attached hydrogens (primary N) is 1. The summed E-state index contributed by atoms with van der Waals surface area (Å²) in [4.78, 5) is 0. The van der Waals surface area contributed by atoms with E-state index in [9.17, 15) is 4.39 Å². The minimum atomic E-state index is -0.446. The Morgan fingerprint density at radius 2 is 1.95 bits per heavy atom. The number of halogens is 1. The predicted molar refractivity (Wildman–Crippen MR) is 76.3 cm³/mol. The van der Waals surface area contributed by atoms with Crippen LogP contribution in [0.4, 0.5) is 4.39 Å². The molecule has 2 aromatic carbocycles. The largest absolute Gasteiger partial charge is 0.454 e. The van der Waals surface area contributed by atoms with Gasteiger partial charge in [-0.3, -0.25) is 0 Å².